The smallest absolute Gasteiger partial charge is 0.396 e. The van der Waals surface area contributed by atoms with Gasteiger partial charge >= 0.3 is 13.5 Å². The van der Waals surface area contributed by atoms with Crippen LogP contribution in [0.3, 0.4) is 0 Å². The van der Waals surface area contributed by atoms with Gasteiger partial charge in [0.2, 0.25) is 0 Å². The van der Waals surface area contributed by atoms with E-state index in [9.17, 15) is 19.3 Å². The maximum Gasteiger partial charge on any atom is 0.474 e. The van der Waals surface area contributed by atoms with Gasteiger partial charge in [0.25, 0.3) is 14.1 Å². The highest BCUT2D eigenvalue weighted by Crippen LogP contribution is 2.50. The van der Waals surface area contributed by atoms with Crippen molar-refractivity contribution in [2.45, 2.75) is 83.9 Å². The van der Waals surface area contributed by atoms with Crippen LogP contribution in [-0.4, -0.2) is 77.7 Å². The minimum Gasteiger partial charge on any atom is -0.396 e. The monoisotopic (exact) mass is 618 g/mol. The lowest BCUT2D eigenvalue weighted by Gasteiger charge is -2.37. The first kappa shape index (κ1) is 35.3. The Hall–Kier alpha value is -1.93. The molecule has 1 aromatic heterocycles. The second-order valence-corrected chi connectivity index (χ2v) is 12.8. The molecule has 14 nitrogen and oxygen atoms in total. The third-order valence-electron chi connectivity index (χ3n) is 5.91. The van der Waals surface area contributed by atoms with Gasteiger partial charge in [-0.2, -0.15) is 5.26 Å². The maximum atomic E-state index is 12.7. The van der Waals surface area contributed by atoms with Crippen LogP contribution in [0.1, 0.15) is 65.2 Å². The standard InChI is InChI=1S/C25H40N4O10P2/c1-18(2)29(19(3)4)40(36-14-9-12-26)39-22-16-23(38-21(22)11-13-30)28-17-20(24(31)27-25(28)32)10-7-8-15-37-41(33,34-5)35-6/h17-19,21-23,30H,8-9,11,13-16H2,1-6H3,(H,27,31,32). The Labute approximate surface area is 241 Å². The molecule has 0 amide bonds. The molecule has 1 aliphatic rings. The number of rotatable bonds is 16. The number of nitrogens with zero attached hydrogens (tertiary/aromatic N) is 3. The molecular weight excluding hydrogens is 578 g/mol. The first-order valence-electron chi connectivity index (χ1n) is 13.2. The molecule has 2 rings (SSSR count). The maximum absolute atomic E-state index is 12.7. The zero-order valence-corrected chi connectivity index (χ0v) is 26.1. The van der Waals surface area contributed by atoms with E-state index in [1.165, 1.54) is 25.0 Å². The molecular formula is C25H40N4O10P2. The molecule has 0 aliphatic carbocycles. The summed E-state index contributed by atoms with van der Waals surface area (Å²) in [5, 5.41) is 18.6. The Kier molecular flexibility index (Phi) is 14.8. The van der Waals surface area contributed by atoms with Crippen molar-refractivity contribution in [1.29, 1.82) is 5.26 Å². The number of nitriles is 1. The lowest BCUT2D eigenvalue weighted by atomic mass is 10.1. The average Bonchev–Trinajstić information content (AvgIpc) is 3.31. The molecule has 0 aromatic carbocycles. The minimum atomic E-state index is -3.64. The highest BCUT2D eigenvalue weighted by molar-refractivity contribution is 7.48. The Morgan fingerprint density at radius 1 is 1.22 bits per heavy atom. The minimum absolute atomic E-state index is 0.0193. The van der Waals surface area contributed by atoms with Crippen LogP contribution in [0.2, 0.25) is 0 Å². The third-order valence-corrected chi connectivity index (χ3v) is 9.46. The SMILES string of the molecule is COP(=O)(OC)OCCC#Cc1cn(C2CC(OP(OCCC#N)N(C(C)C)C(C)C)C(CCO)O2)c(=O)[nH]c1=O. The molecule has 0 radical (unpaired) electrons. The molecule has 2 N–H and O–H groups in total. The van der Waals surface area contributed by atoms with Crippen molar-refractivity contribution in [3.8, 4) is 17.9 Å². The highest BCUT2D eigenvalue weighted by Gasteiger charge is 2.41. The molecule has 1 aromatic rings. The van der Waals surface area contributed by atoms with Crippen molar-refractivity contribution >= 4 is 16.3 Å². The van der Waals surface area contributed by atoms with Gasteiger partial charge in [0.1, 0.15) is 11.8 Å². The number of aliphatic hydroxyl groups excluding tert-OH is 1. The van der Waals surface area contributed by atoms with Crippen molar-refractivity contribution in [1.82, 2.24) is 14.2 Å². The second-order valence-electron chi connectivity index (χ2n) is 9.47. The summed E-state index contributed by atoms with van der Waals surface area (Å²) >= 11 is 0. The van der Waals surface area contributed by atoms with Gasteiger partial charge in [-0.3, -0.25) is 27.9 Å². The number of phosphoric acid groups is 1. The third kappa shape index (κ3) is 10.4. The first-order chi connectivity index (χ1) is 19.5. The van der Waals surface area contributed by atoms with E-state index in [1.807, 2.05) is 27.7 Å². The number of aromatic amines is 1. The van der Waals surface area contributed by atoms with Gasteiger partial charge in [0.05, 0.1) is 37.9 Å². The largest absolute Gasteiger partial charge is 0.474 e. The van der Waals surface area contributed by atoms with E-state index < -0.39 is 46.0 Å². The molecule has 0 bridgehead atoms. The van der Waals surface area contributed by atoms with Gasteiger partial charge in [-0.15, -0.1) is 0 Å². The van der Waals surface area contributed by atoms with Gasteiger partial charge in [0, 0.05) is 51.9 Å². The molecule has 1 fully saturated rings. The average molecular weight is 619 g/mol. The number of hydrogen-bond acceptors (Lipinski definition) is 12. The number of nitrogens with one attached hydrogen (secondary N) is 1. The zero-order valence-electron chi connectivity index (χ0n) is 24.3. The summed E-state index contributed by atoms with van der Waals surface area (Å²) in [6.07, 6.45) is 0.226. The normalized spacial score (nSPS) is 19.9. The van der Waals surface area contributed by atoms with Crippen molar-refractivity contribution < 1.29 is 37.0 Å². The van der Waals surface area contributed by atoms with E-state index in [2.05, 4.69) is 36.6 Å². The summed E-state index contributed by atoms with van der Waals surface area (Å²) in [7, 11) is -2.84. The Morgan fingerprint density at radius 3 is 2.49 bits per heavy atom. The number of aromatic nitrogens is 2. The van der Waals surface area contributed by atoms with Crippen LogP contribution in [0, 0.1) is 23.2 Å². The molecule has 4 atom stereocenters. The fourth-order valence-electron chi connectivity index (χ4n) is 4.11. The first-order valence-corrected chi connectivity index (χ1v) is 15.8. The fraction of sp³-hybridized carbons (Fsp3) is 0.720. The van der Waals surface area contributed by atoms with Gasteiger partial charge < -0.3 is 18.9 Å². The number of hydrogen-bond donors (Lipinski definition) is 2. The van der Waals surface area contributed by atoms with Gasteiger partial charge in [-0.25, -0.2) is 14.0 Å². The summed E-state index contributed by atoms with van der Waals surface area (Å²) in [6.45, 7) is 8.05. The van der Waals surface area contributed by atoms with E-state index in [-0.39, 0.29) is 63.2 Å². The van der Waals surface area contributed by atoms with E-state index >= 15 is 0 Å². The molecule has 2 heterocycles. The van der Waals surface area contributed by atoms with Crippen LogP contribution in [0.4, 0.5) is 0 Å². The Balaban J connectivity index is 2.26. The van der Waals surface area contributed by atoms with Crippen LogP contribution >= 0.6 is 16.3 Å². The van der Waals surface area contributed by atoms with E-state index in [1.54, 1.807) is 0 Å². The molecule has 1 saturated heterocycles. The molecule has 1 aliphatic heterocycles. The Bertz CT molecular complexity index is 1220. The predicted octanol–water partition coefficient (Wildman–Crippen LogP) is 3.03. The number of ether oxygens (including phenoxy) is 1. The molecule has 4 unspecified atom stereocenters. The van der Waals surface area contributed by atoms with Gasteiger partial charge in [-0.05, 0) is 34.1 Å². The summed E-state index contributed by atoms with van der Waals surface area (Å²) in [4.78, 5) is 27.4. The van der Waals surface area contributed by atoms with Crippen molar-refractivity contribution in [2.75, 3.05) is 34.0 Å². The number of H-pyrrole nitrogens is 1. The molecule has 16 heteroatoms. The number of phosphoric ester groups is 1. The second kappa shape index (κ2) is 17.3. The predicted molar refractivity (Wildman–Crippen MR) is 151 cm³/mol. The van der Waals surface area contributed by atoms with Crippen LogP contribution < -0.4 is 11.2 Å². The van der Waals surface area contributed by atoms with Crippen LogP contribution in [0.25, 0.3) is 0 Å². The molecule has 41 heavy (non-hydrogen) atoms. The van der Waals surface area contributed by atoms with E-state index in [0.29, 0.717) is 0 Å². The number of aliphatic hydroxyl groups is 1. The summed E-state index contributed by atoms with van der Waals surface area (Å²) < 4.78 is 48.2. The van der Waals surface area contributed by atoms with Crippen LogP contribution in [0.5, 0.6) is 0 Å². The van der Waals surface area contributed by atoms with Gasteiger partial charge in [-0.1, -0.05) is 11.8 Å². The lowest BCUT2D eigenvalue weighted by Crippen LogP contribution is -2.36. The molecule has 0 saturated carbocycles. The highest BCUT2D eigenvalue weighted by atomic mass is 31.2. The van der Waals surface area contributed by atoms with Crippen LogP contribution in [-0.2, 0) is 31.9 Å². The molecule has 230 valence electrons. The van der Waals surface area contributed by atoms with Crippen molar-refractivity contribution in [3.63, 3.8) is 0 Å². The summed E-state index contributed by atoms with van der Waals surface area (Å²) in [5.41, 5.74) is -1.33. The van der Waals surface area contributed by atoms with Crippen molar-refractivity contribution in [3.05, 3.63) is 32.6 Å². The topological polar surface area (TPSA) is 175 Å². The summed E-state index contributed by atoms with van der Waals surface area (Å²) in [5.74, 6) is 5.43. The quantitative estimate of drug-likeness (QED) is 0.158. The van der Waals surface area contributed by atoms with Crippen molar-refractivity contribution in [2.24, 2.45) is 0 Å². The van der Waals surface area contributed by atoms with E-state index in [0.717, 1.165) is 0 Å². The van der Waals surface area contributed by atoms with Crippen LogP contribution in [0.15, 0.2) is 15.8 Å². The Morgan fingerprint density at radius 2 is 1.90 bits per heavy atom. The van der Waals surface area contributed by atoms with E-state index in [4.69, 9.17) is 23.6 Å². The lowest BCUT2D eigenvalue weighted by molar-refractivity contribution is -0.0289. The molecule has 0 spiro atoms. The van der Waals surface area contributed by atoms with Gasteiger partial charge in [0.15, 0.2) is 0 Å². The fourth-order valence-corrected chi connectivity index (χ4v) is 6.54. The zero-order chi connectivity index (χ0) is 30.6. The summed E-state index contributed by atoms with van der Waals surface area (Å²) in [6, 6.07) is 2.24.